The van der Waals surface area contributed by atoms with E-state index in [1.807, 2.05) is 4.90 Å². The van der Waals surface area contributed by atoms with Crippen LogP contribution in [-0.2, 0) is 18.9 Å². The fourth-order valence-electron chi connectivity index (χ4n) is 5.92. The zero-order valence-corrected chi connectivity index (χ0v) is 20.8. The van der Waals surface area contributed by atoms with E-state index in [0.717, 1.165) is 58.5 Å². The van der Waals surface area contributed by atoms with Crippen molar-refractivity contribution in [3.05, 3.63) is 11.6 Å². The lowest BCUT2D eigenvalue weighted by molar-refractivity contribution is -0.125. The van der Waals surface area contributed by atoms with Crippen LogP contribution in [0, 0.1) is 5.92 Å². The normalized spacial score (nSPS) is 40.2. The minimum Gasteiger partial charge on any atom is -0.443 e. The van der Waals surface area contributed by atoms with E-state index >= 15 is 0 Å². The fourth-order valence-corrected chi connectivity index (χ4v) is 5.92. The summed E-state index contributed by atoms with van der Waals surface area (Å²) in [6.45, 7) is 15.2. The first kappa shape index (κ1) is 24.0. The average Bonchev–Trinajstić information content (AvgIpc) is 3.65. The molecular formula is C25H42N2O5. The first-order valence-electron chi connectivity index (χ1n) is 12.5. The number of likely N-dealkylation sites (tertiary alicyclic amines) is 1. The van der Waals surface area contributed by atoms with Crippen molar-refractivity contribution in [2.75, 3.05) is 39.9 Å². The van der Waals surface area contributed by atoms with Crippen LogP contribution in [0.1, 0.15) is 60.3 Å². The molecule has 1 amide bonds. The highest BCUT2D eigenvalue weighted by atomic mass is 16.6. The quantitative estimate of drug-likeness (QED) is 0.395. The van der Waals surface area contributed by atoms with Crippen molar-refractivity contribution in [3.63, 3.8) is 0 Å². The molecule has 0 N–H and O–H groups in total. The van der Waals surface area contributed by atoms with Gasteiger partial charge in [-0.25, -0.2) is 4.79 Å². The summed E-state index contributed by atoms with van der Waals surface area (Å²) in [6.07, 6.45) is 5.29. The summed E-state index contributed by atoms with van der Waals surface area (Å²) in [7, 11) is 1.73. The summed E-state index contributed by atoms with van der Waals surface area (Å²) in [6, 6.07) is 0.249. The van der Waals surface area contributed by atoms with Crippen LogP contribution in [0.25, 0.3) is 0 Å². The van der Waals surface area contributed by atoms with Gasteiger partial charge in [0, 0.05) is 26.2 Å². The van der Waals surface area contributed by atoms with E-state index in [1.54, 1.807) is 7.11 Å². The third-order valence-electron chi connectivity index (χ3n) is 8.23. The number of epoxide rings is 2. The molecule has 1 aliphatic carbocycles. The van der Waals surface area contributed by atoms with Crippen molar-refractivity contribution >= 4 is 6.09 Å². The van der Waals surface area contributed by atoms with Crippen LogP contribution in [0.5, 0.6) is 0 Å². The van der Waals surface area contributed by atoms with Gasteiger partial charge in [0.1, 0.15) is 23.4 Å². The predicted octanol–water partition coefficient (Wildman–Crippen LogP) is 3.62. The maximum Gasteiger partial charge on any atom is 0.410 e. The molecular weight excluding hydrogens is 408 g/mol. The maximum atomic E-state index is 13.1. The molecule has 0 bridgehead atoms. The Morgan fingerprint density at radius 3 is 2.50 bits per heavy atom. The van der Waals surface area contributed by atoms with Crippen molar-refractivity contribution in [2.45, 2.75) is 95.9 Å². The number of ether oxygens (including phenoxy) is 4. The highest BCUT2D eigenvalue weighted by Gasteiger charge is 2.72. The molecule has 32 heavy (non-hydrogen) atoms. The number of likely N-dealkylation sites (N-methyl/N-ethyl adjacent to an activating group) is 1. The van der Waals surface area contributed by atoms with E-state index in [4.69, 9.17) is 18.9 Å². The standard InChI is InChI=1S/C25H42N2O5/c1-7-26(8-2)15-18-12-14-27(18)23(28)31-19-11-13-25(16-30-25)22(21(19)29-6)24(5)20(32-24)10-9-17(3)4/h9,18-22H,7-8,10-16H2,1-6H3/t18-,19+,20+,21+,22+,24-,25-/m0/s1. The SMILES string of the molecule is CCN(CC)C[C@@H]1CCN1C(=O)O[C@@H]1CC[C@]2(CO2)[C@@H]([C@@]2(C)O[C@@H]2CC=C(C)C)[C@@H]1OC. The molecule has 0 unspecified atom stereocenters. The molecule has 182 valence electrons. The Balaban J connectivity index is 1.42. The van der Waals surface area contributed by atoms with Gasteiger partial charge in [-0.15, -0.1) is 0 Å². The van der Waals surface area contributed by atoms with E-state index in [-0.39, 0.29) is 47.6 Å². The minimum absolute atomic E-state index is 0.0602. The van der Waals surface area contributed by atoms with Crippen LogP contribution in [-0.4, -0.2) is 91.3 Å². The van der Waals surface area contributed by atoms with E-state index in [9.17, 15) is 4.79 Å². The Kier molecular flexibility index (Phi) is 6.93. The summed E-state index contributed by atoms with van der Waals surface area (Å²) in [5.74, 6) is 0.0602. The minimum atomic E-state index is -0.309. The number of hydrogen-bond donors (Lipinski definition) is 0. The van der Waals surface area contributed by atoms with Gasteiger partial charge in [-0.1, -0.05) is 25.5 Å². The van der Waals surface area contributed by atoms with Gasteiger partial charge >= 0.3 is 6.09 Å². The molecule has 4 rings (SSSR count). The Bertz CT molecular complexity index is 715. The van der Waals surface area contributed by atoms with Gasteiger partial charge in [0.05, 0.1) is 18.6 Å². The van der Waals surface area contributed by atoms with Crippen LogP contribution < -0.4 is 0 Å². The smallest absolute Gasteiger partial charge is 0.410 e. The second-order valence-electron chi connectivity index (χ2n) is 10.4. The number of methoxy groups -OCH3 is 1. The van der Waals surface area contributed by atoms with E-state index in [2.05, 4.69) is 45.6 Å². The molecule has 0 aromatic heterocycles. The van der Waals surface area contributed by atoms with E-state index < -0.39 is 0 Å². The van der Waals surface area contributed by atoms with Crippen LogP contribution in [0.4, 0.5) is 4.79 Å². The van der Waals surface area contributed by atoms with Crippen LogP contribution in [0.15, 0.2) is 11.6 Å². The molecule has 0 aromatic rings. The Morgan fingerprint density at radius 1 is 1.25 bits per heavy atom. The zero-order chi connectivity index (χ0) is 23.1. The molecule has 4 aliphatic rings. The molecule has 7 atom stereocenters. The molecule has 4 fully saturated rings. The Labute approximate surface area is 193 Å². The molecule has 0 radical (unpaired) electrons. The number of hydrogen-bond acceptors (Lipinski definition) is 6. The number of nitrogens with zero attached hydrogens (tertiary/aromatic N) is 2. The molecule has 1 spiro atoms. The number of allylic oxidation sites excluding steroid dienone is 1. The van der Waals surface area contributed by atoms with Crippen LogP contribution in [0.2, 0.25) is 0 Å². The van der Waals surface area contributed by atoms with Crippen molar-refractivity contribution < 1.29 is 23.7 Å². The second-order valence-corrected chi connectivity index (χ2v) is 10.4. The van der Waals surface area contributed by atoms with Crippen LogP contribution >= 0.6 is 0 Å². The summed E-state index contributed by atoms with van der Waals surface area (Å²) in [5.41, 5.74) is 0.795. The second kappa shape index (κ2) is 9.24. The summed E-state index contributed by atoms with van der Waals surface area (Å²) in [4.78, 5) is 17.3. The van der Waals surface area contributed by atoms with Crippen LogP contribution in [0.3, 0.4) is 0 Å². The molecule has 3 heterocycles. The number of carbonyl (C=O) groups excluding carboxylic acids is 1. The molecule has 3 aliphatic heterocycles. The summed E-state index contributed by atoms with van der Waals surface area (Å²) in [5, 5.41) is 0. The van der Waals surface area contributed by atoms with Gasteiger partial charge in [-0.2, -0.15) is 0 Å². The Hall–Kier alpha value is -1.15. The molecule has 1 saturated carbocycles. The molecule has 7 heteroatoms. The number of carbonyl (C=O) groups is 1. The van der Waals surface area contributed by atoms with Gasteiger partial charge in [0.2, 0.25) is 0 Å². The maximum absolute atomic E-state index is 13.1. The summed E-state index contributed by atoms with van der Waals surface area (Å²) >= 11 is 0. The van der Waals surface area contributed by atoms with Crippen molar-refractivity contribution in [3.8, 4) is 0 Å². The Morgan fingerprint density at radius 2 is 1.97 bits per heavy atom. The third-order valence-corrected chi connectivity index (χ3v) is 8.23. The third kappa shape index (κ3) is 4.46. The lowest BCUT2D eigenvalue weighted by Crippen LogP contribution is -2.59. The van der Waals surface area contributed by atoms with Gasteiger partial charge in [0.25, 0.3) is 0 Å². The van der Waals surface area contributed by atoms with E-state index in [1.165, 1.54) is 5.57 Å². The largest absolute Gasteiger partial charge is 0.443 e. The number of amides is 1. The van der Waals surface area contributed by atoms with Gasteiger partial charge < -0.3 is 28.7 Å². The lowest BCUT2D eigenvalue weighted by Gasteiger charge is -2.46. The first-order chi connectivity index (χ1) is 15.3. The monoisotopic (exact) mass is 450 g/mol. The highest BCUT2D eigenvalue weighted by Crippen LogP contribution is 2.59. The fraction of sp³-hybridized carbons (Fsp3) is 0.880. The molecule has 7 nitrogen and oxygen atoms in total. The first-order valence-corrected chi connectivity index (χ1v) is 12.5. The van der Waals surface area contributed by atoms with E-state index in [0.29, 0.717) is 0 Å². The van der Waals surface area contributed by atoms with Crippen molar-refractivity contribution in [2.24, 2.45) is 5.92 Å². The van der Waals surface area contributed by atoms with Crippen molar-refractivity contribution in [1.29, 1.82) is 0 Å². The lowest BCUT2D eigenvalue weighted by atomic mass is 9.68. The highest BCUT2D eigenvalue weighted by molar-refractivity contribution is 5.69. The molecule has 3 saturated heterocycles. The van der Waals surface area contributed by atoms with Gasteiger partial charge in [-0.05, 0) is 59.5 Å². The summed E-state index contributed by atoms with van der Waals surface area (Å²) < 4.78 is 24.4. The topological polar surface area (TPSA) is 67.1 Å². The van der Waals surface area contributed by atoms with Crippen molar-refractivity contribution in [1.82, 2.24) is 9.80 Å². The van der Waals surface area contributed by atoms with Gasteiger partial charge in [-0.3, -0.25) is 0 Å². The predicted molar refractivity (Wildman–Crippen MR) is 123 cm³/mol. The molecule has 0 aromatic carbocycles. The zero-order valence-electron chi connectivity index (χ0n) is 20.8. The average molecular weight is 451 g/mol. The number of rotatable bonds is 9. The van der Waals surface area contributed by atoms with Gasteiger partial charge in [0.15, 0.2) is 0 Å².